The van der Waals surface area contributed by atoms with Gasteiger partial charge in [-0.1, -0.05) is 91.5 Å². The summed E-state index contributed by atoms with van der Waals surface area (Å²) in [5.74, 6) is 0.792. The molecule has 1 atom stereocenters. The summed E-state index contributed by atoms with van der Waals surface area (Å²) in [5.41, 5.74) is 3.03. The van der Waals surface area contributed by atoms with E-state index in [0.29, 0.717) is 24.0 Å². The maximum absolute atomic E-state index is 13.5. The third-order valence-corrected chi connectivity index (χ3v) is 6.44. The van der Waals surface area contributed by atoms with Gasteiger partial charge in [0.1, 0.15) is 11.4 Å². The topological polar surface area (TPSA) is 41.9 Å². The van der Waals surface area contributed by atoms with Gasteiger partial charge < -0.3 is 4.74 Å². The molecule has 1 heterocycles. The van der Waals surface area contributed by atoms with Crippen molar-refractivity contribution < 1.29 is 9.53 Å². The van der Waals surface area contributed by atoms with E-state index in [9.17, 15) is 4.79 Å². The Labute approximate surface area is 188 Å². The first kappa shape index (κ1) is 21.2. The van der Waals surface area contributed by atoms with E-state index in [1.54, 1.807) is 18.9 Å². The highest BCUT2D eigenvalue weighted by atomic mass is 32.2. The van der Waals surface area contributed by atoms with Gasteiger partial charge in [-0.05, 0) is 23.3 Å². The minimum Gasteiger partial charge on any atom is -0.494 e. The Morgan fingerprint density at radius 1 is 1.00 bits per heavy atom. The number of ether oxygens (including phenoxy) is 1. The molecule has 4 nitrogen and oxygen atoms in total. The van der Waals surface area contributed by atoms with Crippen LogP contribution in [0.1, 0.15) is 30.4 Å². The lowest BCUT2D eigenvalue weighted by molar-refractivity contribution is -0.127. The fourth-order valence-electron chi connectivity index (χ4n) is 3.82. The second kappa shape index (κ2) is 9.84. The highest BCUT2D eigenvalue weighted by Crippen LogP contribution is 2.35. The fraction of sp³-hybridized carbons (Fsp3) is 0.231. The highest BCUT2D eigenvalue weighted by Gasteiger charge is 2.32. The Kier molecular flexibility index (Phi) is 6.73. The minimum atomic E-state index is 0.00307. The van der Waals surface area contributed by atoms with Crippen molar-refractivity contribution in [2.24, 2.45) is 4.99 Å². The van der Waals surface area contributed by atoms with Gasteiger partial charge in [0.05, 0.1) is 7.11 Å². The number of benzene rings is 3. The first-order valence-electron chi connectivity index (χ1n) is 10.4. The molecule has 31 heavy (non-hydrogen) atoms. The predicted octanol–water partition coefficient (Wildman–Crippen LogP) is 5.87. The van der Waals surface area contributed by atoms with E-state index in [4.69, 9.17) is 9.73 Å². The number of amidine groups is 1. The molecule has 3 aromatic rings. The van der Waals surface area contributed by atoms with Crippen molar-refractivity contribution in [3.63, 3.8) is 0 Å². The lowest BCUT2D eigenvalue weighted by Gasteiger charge is -2.22. The number of hydrogen-bond donors (Lipinski definition) is 0. The smallest absolute Gasteiger partial charge is 0.229 e. The summed E-state index contributed by atoms with van der Waals surface area (Å²) in [6.45, 7) is 2.79. The monoisotopic (exact) mass is 430 g/mol. The molecule has 0 N–H and O–H groups in total. The van der Waals surface area contributed by atoms with E-state index in [1.807, 2.05) is 65.6 Å². The molecular formula is C26H26N2O2S. The second-order valence-electron chi connectivity index (χ2n) is 7.58. The Morgan fingerprint density at radius 3 is 2.19 bits per heavy atom. The third-order valence-electron chi connectivity index (χ3n) is 5.36. The third kappa shape index (κ3) is 5.00. The van der Waals surface area contributed by atoms with Gasteiger partial charge in [0.2, 0.25) is 5.91 Å². The quantitative estimate of drug-likeness (QED) is 0.491. The normalized spacial score (nSPS) is 17.3. The molecule has 5 heteroatoms. The number of carbonyl (C=O) groups is 1. The Morgan fingerprint density at radius 2 is 1.58 bits per heavy atom. The second-order valence-corrected chi connectivity index (χ2v) is 8.98. The van der Waals surface area contributed by atoms with Crippen LogP contribution in [0.15, 0.2) is 89.9 Å². The van der Waals surface area contributed by atoms with Gasteiger partial charge in [0.25, 0.3) is 0 Å². The molecule has 4 rings (SSSR count). The predicted molar refractivity (Wildman–Crippen MR) is 128 cm³/mol. The van der Waals surface area contributed by atoms with Crippen molar-refractivity contribution >= 4 is 28.5 Å². The Balaban J connectivity index is 1.62. The Hall–Kier alpha value is -3.05. The van der Waals surface area contributed by atoms with E-state index in [1.165, 1.54) is 0 Å². The summed E-state index contributed by atoms with van der Waals surface area (Å²) in [6, 6.07) is 28.1. The maximum Gasteiger partial charge on any atom is 0.229 e. The Bertz CT molecular complexity index is 1010. The number of methoxy groups -OCH3 is 1. The molecule has 0 radical (unpaired) electrons. The van der Waals surface area contributed by atoms with Gasteiger partial charge in [0, 0.05) is 24.1 Å². The maximum atomic E-state index is 13.5. The summed E-state index contributed by atoms with van der Waals surface area (Å²) in [4.78, 5) is 20.1. The van der Waals surface area contributed by atoms with Crippen LogP contribution in [0, 0.1) is 0 Å². The average molecular weight is 431 g/mol. The van der Waals surface area contributed by atoms with Crippen LogP contribution >= 0.6 is 11.8 Å². The molecule has 1 saturated heterocycles. The van der Waals surface area contributed by atoms with Crippen molar-refractivity contribution in [3.8, 4) is 5.75 Å². The van der Waals surface area contributed by atoms with E-state index < -0.39 is 0 Å². The number of thioether (sulfide) groups is 1. The van der Waals surface area contributed by atoms with Gasteiger partial charge >= 0.3 is 0 Å². The first-order valence-corrected chi connectivity index (χ1v) is 11.3. The lowest BCUT2D eigenvalue weighted by Crippen LogP contribution is -2.33. The molecule has 0 saturated carbocycles. The number of amides is 1. The molecule has 0 aliphatic carbocycles. The number of rotatable bonds is 6. The molecule has 0 aromatic heterocycles. The molecule has 0 spiro atoms. The lowest BCUT2D eigenvalue weighted by atomic mass is 9.88. The van der Waals surface area contributed by atoms with Gasteiger partial charge in [-0.15, -0.1) is 0 Å². The molecule has 1 amide bonds. The number of carbonyl (C=O) groups excluding carboxylic acids is 1. The number of hydrogen-bond acceptors (Lipinski definition) is 4. The molecule has 3 aromatic carbocycles. The minimum absolute atomic E-state index is 0.00307. The number of aliphatic imine (C=N–C) groups is 1. The van der Waals surface area contributed by atoms with Crippen molar-refractivity contribution in [1.82, 2.24) is 4.90 Å². The van der Waals surface area contributed by atoms with Crippen molar-refractivity contribution in [3.05, 3.63) is 96.1 Å². The van der Waals surface area contributed by atoms with Crippen LogP contribution < -0.4 is 4.74 Å². The number of para-hydroxylation sites is 2. The standard InChI is InChI=1S/C26H26N2O2S/c1-19-18-28(26(31-19)27-23-15-9-10-16-24(23)30-2)25(29)17-22(20-11-5-3-6-12-20)21-13-7-4-8-14-21/h3-16,19,22H,17-18H2,1-2H3. The van der Waals surface area contributed by atoms with E-state index in [2.05, 4.69) is 31.2 Å². The molecule has 158 valence electrons. The highest BCUT2D eigenvalue weighted by molar-refractivity contribution is 8.14. The summed E-state index contributed by atoms with van der Waals surface area (Å²) in [5, 5.41) is 1.03. The van der Waals surface area contributed by atoms with Gasteiger partial charge in [-0.3, -0.25) is 9.69 Å². The zero-order valence-electron chi connectivity index (χ0n) is 17.8. The molecular weight excluding hydrogens is 404 g/mol. The van der Waals surface area contributed by atoms with Crippen LogP contribution in [0.3, 0.4) is 0 Å². The molecule has 1 unspecified atom stereocenters. The van der Waals surface area contributed by atoms with Gasteiger partial charge in [0.15, 0.2) is 5.17 Å². The first-order chi connectivity index (χ1) is 15.2. The van der Waals surface area contributed by atoms with Crippen LogP contribution in [0.2, 0.25) is 0 Å². The summed E-state index contributed by atoms with van der Waals surface area (Å²) >= 11 is 1.63. The van der Waals surface area contributed by atoms with E-state index >= 15 is 0 Å². The molecule has 1 aliphatic rings. The van der Waals surface area contributed by atoms with Gasteiger partial charge in [-0.2, -0.15) is 0 Å². The zero-order valence-corrected chi connectivity index (χ0v) is 18.6. The summed E-state index contributed by atoms with van der Waals surface area (Å²) in [7, 11) is 1.64. The van der Waals surface area contributed by atoms with Crippen LogP contribution in [0.25, 0.3) is 0 Å². The largest absolute Gasteiger partial charge is 0.494 e. The van der Waals surface area contributed by atoms with Crippen molar-refractivity contribution in [2.45, 2.75) is 24.5 Å². The number of nitrogens with zero attached hydrogens (tertiary/aromatic N) is 2. The van der Waals surface area contributed by atoms with Crippen molar-refractivity contribution in [1.29, 1.82) is 0 Å². The van der Waals surface area contributed by atoms with Crippen LogP contribution in [-0.2, 0) is 4.79 Å². The SMILES string of the molecule is COc1ccccc1N=C1SC(C)CN1C(=O)CC(c1ccccc1)c1ccccc1. The molecule has 1 fully saturated rings. The van der Waals surface area contributed by atoms with Crippen molar-refractivity contribution in [2.75, 3.05) is 13.7 Å². The van der Waals surface area contributed by atoms with E-state index in [-0.39, 0.29) is 11.8 Å². The summed E-state index contributed by atoms with van der Waals surface area (Å²) in [6.07, 6.45) is 0.395. The van der Waals surface area contributed by atoms with Crippen LogP contribution in [0.5, 0.6) is 5.75 Å². The molecule has 1 aliphatic heterocycles. The summed E-state index contributed by atoms with van der Waals surface area (Å²) < 4.78 is 5.44. The van der Waals surface area contributed by atoms with Gasteiger partial charge in [-0.25, -0.2) is 4.99 Å². The molecule has 0 bridgehead atoms. The van der Waals surface area contributed by atoms with Crippen LogP contribution in [-0.4, -0.2) is 34.9 Å². The van der Waals surface area contributed by atoms with Crippen LogP contribution in [0.4, 0.5) is 5.69 Å². The zero-order chi connectivity index (χ0) is 21.6. The van der Waals surface area contributed by atoms with E-state index in [0.717, 1.165) is 22.0 Å². The average Bonchev–Trinajstić information content (AvgIpc) is 3.19. The fourth-order valence-corrected chi connectivity index (χ4v) is 4.86.